The van der Waals surface area contributed by atoms with Crippen molar-refractivity contribution in [3.63, 3.8) is 0 Å². The van der Waals surface area contributed by atoms with Crippen molar-refractivity contribution in [3.05, 3.63) is 23.8 Å². The number of benzene rings is 1. The van der Waals surface area contributed by atoms with Crippen LogP contribution in [0.1, 0.15) is 12.0 Å². The lowest BCUT2D eigenvalue weighted by molar-refractivity contribution is 0.232. The maximum absolute atomic E-state index is 8.61. The topological polar surface area (TPSA) is 38.7 Å². The molecule has 0 radical (unpaired) electrons. The van der Waals surface area contributed by atoms with Gasteiger partial charge in [-0.25, -0.2) is 0 Å². The molecule has 78 valence electrons. The Morgan fingerprint density at radius 3 is 2.64 bits per heavy atom. The summed E-state index contributed by atoms with van der Waals surface area (Å²) in [6, 6.07) is 5.68. The van der Waals surface area contributed by atoms with Crippen LogP contribution in [0.4, 0.5) is 0 Å². The van der Waals surface area contributed by atoms with Crippen LogP contribution >= 0.6 is 0 Å². The molecule has 0 saturated heterocycles. The molecule has 0 fully saturated rings. The monoisotopic (exact) mass is 196 g/mol. The third kappa shape index (κ3) is 2.64. The highest BCUT2D eigenvalue weighted by molar-refractivity contribution is 5.43. The molecule has 1 aromatic rings. The Kier molecular flexibility index (Phi) is 4.26. The molecule has 0 saturated carbocycles. The number of methoxy groups -OCH3 is 1. The van der Waals surface area contributed by atoms with Gasteiger partial charge in [0, 0.05) is 18.6 Å². The van der Waals surface area contributed by atoms with E-state index in [0.29, 0.717) is 13.0 Å². The van der Waals surface area contributed by atoms with Crippen LogP contribution in [0.25, 0.3) is 0 Å². The van der Waals surface area contributed by atoms with Gasteiger partial charge in [-0.3, -0.25) is 0 Å². The number of hydrogen-bond acceptors (Lipinski definition) is 3. The maximum atomic E-state index is 8.61. The number of ether oxygens (including phenoxy) is 2. The molecule has 0 aromatic heterocycles. The first-order chi connectivity index (χ1) is 6.79. The summed E-state index contributed by atoms with van der Waals surface area (Å²) in [6.07, 6.45) is 0.649. The van der Waals surface area contributed by atoms with Crippen molar-refractivity contribution < 1.29 is 14.6 Å². The van der Waals surface area contributed by atoms with Gasteiger partial charge in [-0.1, -0.05) is 6.07 Å². The molecular formula is C11H16O3. The fraction of sp³-hybridized carbons (Fsp3) is 0.455. The third-order valence-corrected chi connectivity index (χ3v) is 2.01. The lowest BCUT2D eigenvalue weighted by Gasteiger charge is -2.11. The second-order valence-corrected chi connectivity index (χ2v) is 3.01. The van der Waals surface area contributed by atoms with Crippen molar-refractivity contribution in [1.29, 1.82) is 0 Å². The van der Waals surface area contributed by atoms with Crippen molar-refractivity contribution in [2.24, 2.45) is 0 Å². The minimum Gasteiger partial charge on any atom is -0.496 e. The number of aliphatic hydroxyl groups excluding tert-OH is 1. The zero-order chi connectivity index (χ0) is 10.4. The minimum absolute atomic E-state index is 0.156. The predicted molar refractivity (Wildman–Crippen MR) is 54.9 cm³/mol. The third-order valence-electron chi connectivity index (χ3n) is 2.01. The van der Waals surface area contributed by atoms with Crippen LogP contribution < -0.4 is 9.47 Å². The molecule has 0 aliphatic carbocycles. The van der Waals surface area contributed by atoms with Crippen molar-refractivity contribution >= 4 is 0 Å². The molecule has 0 unspecified atom stereocenters. The van der Waals surface area contributed by atoms with Crippen LogP contribution in [-0.4, -0.2) is 25.4 Å². The van der Waals surface area contributed by atoms with Crippen LogP contribution in [0, 0.1) is 6.92 Å². The van der Waals surface area contributed by atoms with Gasteiger partial charge in [-0.05, 0) is 19.1 Å². The van der Waals surface area contributed by atoms with Crippen LogP contribution in [0.3, 0.4) is 0 Å². The molecule has 3 heteroatoms. The van der Waals surface area contributed by atoms with Crippen molar-refractivity contribution in [2.75, 3.05) is 20.3 Å². The van der Waals surface area contributed by atoms with Gasteiger partial charge < -0.3 is 14.6 Å². The van der Waals surface area contributed by atoms with Crippen LogP contribution in [-0.2, 0) is 0 Å². The average molecular weight is 196 g/mol. The molecule has 0 spiro atoms. The number of aliphatic hydroxyl groups is 1. The van der Waals surface area contributed by atoms with Gasteiger partial charge >= 0.3 is 0 Å². The zero-order valence-corrected chi connectivity index (χ0v) is 8.62. The minimum atomic E-state index is 0.156. The van der Waals surface area contributed by atoms with E-state index < -0.39 is 0 Å². The molecular weight excluding hydrogens is 180 g/mol. The van der Waals surface area contributed by atoms with Gasteiger partial charge in [0.15, 0.2) is 0 Å². The Hall–Kier alpha value is -1.22. The number of rotatable bonds is 5. The van der Waals surface area contributed by atoms with Crippen LogP contribution in [0.2, 0.25) is 0 Å². The van der Waals surface area contributed by atoms with Gasteiger partial charge in [-0.15, -0.1) is 0 Å². The van der Waals surface area contributed by atoms with Gasteiger partial charge in [0.25, 0.3) is 0 Å². The van der Waals surface area contributed by atoms with E-state index in [4.69, 9.17) is 14.6 Å². The van der Waals surface area contributed by atoms with E-state index in [1.54, 1.807) is 7.11 Å². The van der Waals surface area contributed by atoms with E-state index in [-0.39, 0.29) is 6.61 Å². The fourth-order valence-corrected chi connectivity index (χ4v) is 1.22. The fourth-order valence-electron chi connectivity index (χ4n) is 1.22. The molecule has 0 aliphatic heterocycles. The molecule has 1 rings (SSSR count). The standard InChI is InChI=1S/C11H16O3/c1-9-10(13-2)5-3-6-11(9)14-8-4-7-12/h3,5-6,12H,4,7-8H2,1-2H3. The van der Waals surface area contributed by atoms with Gasteiger partial charge in [0.1, 0.15) is 11.5 Å². The summed E-state index contributed by atoms with van der Waals surface area (Å²) in [5.41, 5.74) is 0.993. The second-order valence-electron chi connectivity index (χ2n) is 3.01. The summed E-state index contributed by atoms with van der Waals surface area (Å²) in [4.78, 5) is 0. The summed E-state index contributed by atoms with van der Waals surface area (Å²) in [7, 11) is 1.64. The molecule has 1 aromatic carbocycles. The summed E-state index contributed by atoms with van der Waals surface area (Å²) >= 11 is 0. The van der Waals surface area contributed by atoms with E-state index in [1.165, 1.54) is 0 Å². The Balaban J connectivity index is 2.66. The summed E-state index contributed by atoms with van der Waals surface area (Å²) in [5.74, 6) is 1.64. The zero-order valence-electron chi connectivity index (χ0n) is 8.62. The first-order valence-corrected chi connectivity index (χ1v) is 4.67. The first kappa shape index (κ1) is 10.9. The van der Waals surface area contributed by atoms with E-state index >= 15 is 0 Å². The Bertz CT molecular complexity index is 284. The van der Waals surface area contributed by atoms with E-state index in [0.717, 1.165) is 17.1 Å². The molecule has 14 heavy (non-hydrogen) atoms. The van der Waals surface area contributed by atoms with Crippen molar-refractivity contribution in [2.45, 2.75) is 13.3 Å². The Morgan fingerprint density at radius 1 is 1.29 bits per heavy atom. The highest BCUT2D eigenvalue weighted by Gasteiger charge is 2.04. The lowest BCUT2D eigenvalue weighted by atomic mass is 10.2. The highest BCUT2D eigenvalue weighted by Crippen LogP contribution is 2.26. The van der Waals surface area contributed by atoms with Gasteiger partial charge in [0.2, 0.25) is 0 Å². The van der Waals surface area contributed by atoms with Crippen molar-refractivity contribution in [1.82, 2.24) is 0 Å². The number of hydrogen-bond donors (Lipinski definition) is 1. The van der Waals surface area contributed by atoms with Crippen molar-refractivity contribution in [3.8, 4) is 11.5 Å². The van der Waals surface area contributed by atoms with E-state index in [1.807, 2.05) is 25.1 Å². The smallest absolute Gasteiger partial charge is 0.125 e. The average Bonchev–Trinajstić information content (AvgIpc) is 2.21. The summed E-state index contributed by atoms with van der Waals surface area (Å²) < 4.78 is 10.6. The predicted octanol–water partition coefficient (Wildman–Crippen LogP) is 1.76. The van der Waals surface area contributed by atoms with Crippen LogP contribution in [0.5, 0.6) is 11.5 Å². The first-order valence-electron chi connectivity index (χ1n) is 4.67. The molecule has 1 N–H and O–H groups in total. The van der Waals surface area contributed by atoms with E-state index in [9.17, 15) is 0 Å². The highest BCUT2D eigenvalue weighted by atomic mass is 16.5. The van der Waals surface area contributed by atoms with Gasteiger partial charge in [-0.2, -0.15) is 0 Å². The second kappa shape index (κ2) is 5.50. The van der Waals surface area contributed by atoms with Gasteiger partial charge in [0.05, 0.1) is 13.7 Å². The summed E-state index contributed by atoms with van der Waals surface area (Å²) in [6.45, 7) is 2.64. The SMILES string of the molecule is COc1cccc(OCCCO)c1C. The molecule has 0 aliphatic rings. The molecule has 0 amide bonds. The molecule has 0 heterocycles. The maximum Gasteiger partial charge on any atom is 0.125 e. The Morgan fingerprint density at radius 2 is 2.00 bits per heavy atom. The summed E-state index contributed by atoms with van der Waals surface area (Å²) in [5, 5.41) is 8.61. The normalized spacial score (nSPS) is 9.93. The van der Waals surface area contributed by atoms with E-state index in [2.05, 4.69) is 0 Å². The largest absolute Gasteiger partial charge is 0.496 e. The van der Waals surface area contributed by atoms with Crippen LogP contribution in [0.15, 0.2) is 18.2 Å². The molecule has 3 nitrogen and oxygen atoms in total. The lowest BCUT2D eigenvalue weighted by Crippen LogP contribution is -2.01. The molecule has 0 bridgehead atoms. The quantitative estimate of drug-likeness (QED) is 0.729. The molecule has 0 atom stereocenters. The Labute approximate surface area is 84.3 Å².